The lowest BCUT2D eigenvalue weighted by Gasteiger charge is -2.06. The van der Waals surface area contributed by atoms with E-state index in [1.54, 1.807) is 5.38 Å². The minimum Gasteiger partial charge on any atom is -0.492 e. The maximum absolute atomic E-state index is 11.2. The van der Waals surface area contributed by atoms with Crippen LogP contribution in [0.4, 0.5) is 5.13 Å². The number of ether oxygens (including phenoxy) is 2. The Morgan fingerprint density at radius 2 is 2.16 bits per heavy atom. The minimum atomic E-state index is -0.426. The summed E-state index contributed by atoms with van der Waals surface area (Å²) in [6.45, 7) is 1.14. The number of para-hydroxylation sites is 1. The Morgan fingerprint density at radius 3 is 2.89 bits per heavy atom. The number of nitrogens with zero attached hydrogens (tertiary/aromatic N) is 1. The Balaban J connectivity index is 1.74. The topological polar surface area (TPSA) is 60.5 Å². The molecule has 0 atom stereocenters. The van der Waals surface area contributed by atoms with Gasteiger partial charge in [0.05, 0.1) is 13.7 Å². The van der Waals surface area contributed by atoms with Crippen LogP contribution in [-0.4, -0.2) is 31.2 Å². The normalized spacial score (nSPS) is 9.95. The number of nitrogens with one attached hydrogen (secondary N) is 1. The predicted octanol–water partition coefficient (Wildman–Crippen LogP) is 2.42. The highest BCUT2D eigenvalue weighted by molar-refractivity contribution is 7.13. The summed E-state index contributed by atoms with van der Waals surface area (Å²) >= 11 is 1.36. The van der Waals surface area contributed by atoms with Crippen molar-refractivity contribution in [2.45, 2.75) is 0 Å². The number of hydrogen-bond acceptors (Lipinski definition) is 6. The van der Waals surface area contributed by atoms with Crippen molar-refractivity contribution in [2.75, 3.05) is 25.6 Å². The summed E-state index contributed by atoms with van der Waals surface area (Å²) < 4.78 is 10.1. The average Bonchev–Trinajstić information content (AvgIpc) is 2.93. The molecule has 100 valence electrons. The van der Waals surface area contributed by atoms with Crippen LogP contribution in [0, 0.1) is 0 Å². The molecule has 0 aliphatic rings. The summed E-state index contributed by atoms with van der Waals surface area (Å²) in [5.41, 5.74) is 0.318. The monoisotopic (exact) mass is 278 g/mol. The third kappa shape index (κ3) is 3.96. The number of methoxy groups -OCH3 is 1. The van der Waals surface area contributed by atoms with Crippen LogP contribution in [0.5, 0.6) is 5.75 Å². The molecule has 0 bridgehead atoms. The fourth-order valence-electron chi connectivity index (χ4n) is 1.40. The van der Waals surface area contributed by atoms with Gasteiger partial charge in [-0.15, -0.1) is 11.3 Å². The van der Waals surface area contributed by atoms with Crippen molar-refractivity contribution in [3.05, 3.63) is 41.4 Å². The molecule has 0 aliphatic heterocycles. The quantitative estimate of drug-likeness (QED) is 0.649. The van der Waals surface area contributed by atoms with E-state index in [-0.39, 0.29) is 0 Å². The zero-order valence-corrected chi connectivity index (χ0v) is 11.3. The fourth-order valence-corrected chi connectivity index (χ4v) is 2.11. The number of benzene rings is 1. The first-order chi connectivity index (χ1) is 9.29. The second-order valence-electron chi connectivity index (χ2n) is 3.62. The number of esters is 1. The van der Waals surface area contributed by atoms with Gasteiger partial charge in [-0.05, 0) is 12.1 Å². The van der Waals surface area contributed by atoms with Gasteiger partial charge in [0.15, 0.2) is 10.8 Å². The van der Waals surface area contributed by atoms with Gasteiger partial charge in [0, 0.05) is 5.38 Å². The molecule has 1 aromatic heterocycles. The smallest absolute Gasteiger partial charge is 0.357 e. The summed E-state index contributed by atoms with van der Waals surface area (Å²) in [4.78, 5) is 15.3. The standard InChI is InChI=1S/C13H14N2O3S/c1-17-12(16)11-9-19-13(15-11)14-7-8-18-10-5-3-2-4-6-10/h2-6,9H,7-8H2,1H3,(H,14,15). The van der Waals surface area contributed by atoms with Crippen LogP contribution in [-0.2, 0) is 4.74 Å². The van der Waals surface area contributed by atoms with Crippen molar-refractivity contribution in [3.8, 4) is 5.75 Å². The van der Waals surface area contributed by atoms with Crippen molar-refractivity contribution in [3.63, 3.8) is 0 Å². The molecule has 0 amide bonds. The van der Waals surface area contributed by atoms with Crippen LogP contribution in [0.3, 0.4) is 0 Å². The minimum absolute atomic E-state index is 0.318. The molecule has 0 saturated heterocycles. The lowest BCUT2D eigenvalue weighted by molar-refractivity contribution is 0.0595. The van der Waals surface area contributed by atoms with Crippen LogP contribution in [0.15, 0.2) is 35.7 Å². The Labute approximate surface area is 115 Å². The Bertz CT molecular complexity index is 528. The molecule has 0 aliphatic carbocycles. The van der Waals surface area contributed by atoms with Crippen molar-refractivity contribution < 1.29 is 14.3 Å². The van der Waals surface area contributed by atoms with Crippen LogP contribution >= 0.6 is 11.3 Å². The molecular formula is C13H14N2O3S. The number of thiazole rings is 1. The molecule has 0 radical (unpaired) electrons. The number of rotatable bonds is 6. The van der Waals surface area contributed by atoms with E-state index >= 15 is 0 Å². The molecule has 6 heteroatoms. The Hall–Kier alpha value is -2.08. The van der Waals surface area contributed by atoms with E-state index in [1.165, 1.54) is 18.4 Å². The first kappa shape index (κ1) is 13.4. The summed E-state index contributed by atoms with van der Waals surface area (Å²) in [5.74, 6) is 0.406. The molecule has 1 aromatic carbocycles. The molecule has 0 unspecified atom stereocenters. The average molecular weight is 278 g/mol. The van der Waals surface area contributed by atoms with Gasteiger partial charge in [-0.1, -0.05) is 18.2 Å². The molecule has 2 aromatic rings. The Morgan fingerprint density at radius 1 is 1.37 bits per heavy atom. The molecule has 19 heavy (non-hydrogen) atoms. The van der Waals surface area contributed by atoms with Crippen molar-refractivity contribution in [1.82, 2.24) is 4.98 Å². The van der Waals surface area contributed by atoms with E-state index < -0.39 is 5.97 Å². The van der Waals surface area contributed by atoms with Gasteiger partial charge in [0.2, 0.25) is 0 Å². The number of carbonyl (C=O) groups excluding carboxylic acids is 1. The second-order valence-corrected chi connectivity index (χ2v) is 4.48. The third-order valence-electron chi connectivity index (χ3n) is 2.29. The first-order valence-corrected chi connectivity index (χ1v) is 6.63. The lowest BCUT2D eigenvalue weighted by atomic mass is 10.3. The summed E-state index contributed by atoms with van der Waals surface area (Å²) in [6, 6.07) is 9.59. The largest absolute Gasteiger partial charge is 0.492 e. The SMILES string of the molecule is COC(=O)c1csc(NCCOc2ccccc2)n1. The number of carbonyl (C=O) groups is 1. The zero-order valence-electron chi connectivity index (χ0n) is 10.5. The predicted molar refractivity (Wildman–Crippen MR) is 73.9 cm³/mol. The van der Waals surface area contributed by atoms with Gasteiger partial charge in [-0.2, -0.15) is 0 Å². The van der Waals surface area contributed by atoms with Gasteiger partial charge in [0.1, 0.15) is 12.4 Å². The molecule has 1 N–H and O–H groups in total. The highest BCUT2D eigenvalue weighted by atomic mass is 32.1. The van der Waals surface area contributed by atoms with Gasteiger partial charge in [0.25, 0.3) is 0 Å². The van der Waals surface area contributed by atoms with E-state index in [0.717, 1.165) is 5.75 Å². The maximum Gasteiger partial charge on any atom is 0.357 e. The van der Waals surface area contributed by atoms with E-state index in [2.05, 4.69) is 15.0 Å². The molecule has 0 saturated carbocycles. The molecule has 5 nitrogen and oxygen atoms in total. The number of hydrogen-bond donors (Lipinski definition) is 1. The molecular weight excluding hydrogens is 264 g/mol. The van der Waals surface area contributed by atoms with Crippen LogP contribution < -0.4 is 10.1 Å². The van der Waals surface area contributed by atoms with Crippen LogP contribution in [0.25, 0.3) is 0 Å². The van der Waals surface area contributed by atoms with Crippen LogP contribution in [0.1, 0.15) is 10.5 Å². The molecule has 2 rings (SSSR count). The maximum atomic E-state index is 11.2. The first-order valence-electron chi connectivity index (χ1n) is 5.75. The highest BCUT2D eigenvalue weighted by Gasteiger charge is 2.09. The Kier molecular flexibility index (Phi) is 4.74. The number of anilines is 1. The van der Waals surface area contributed by atoms with Crippen molar-refractivity contribution >= 4 is 22.4 Å². The van der Waals surface area contributed by atoms with Crippen LogP contribution in [0.2, 0.25) is 0 Å². The molecule has 1 heterocycles. The van der Waals surface area contributed by atoms with E-state index in [1.807, 2.05) is 30.3 Å². The number of aromatic nitrogens is 1. The van der Waals surface area contributed by atoms with Crippen molar-refractivity contribution in [1.29, 1.82) is 0 Å². The summed E-state index contributed by atoms with van der Waals surface area (Å²) in [5, 5.41) is 5.43. The summed E-state index contributed by atoms with van der Waals surface area (Å²) in [7, 11) is 1.34. The van der Waals surface area contributed by atoms with E-state index in [4.69, 9.17) is 4.74 Å². The van der Waals surface area contributed by atoms with Gasteiger partial charge < -0.3 is 14.8 Å². The van der Waals surface area contributed by atoms with Gasteiger partial charge in [-0.3, -0.25) is 0 Å². The van der Waals surface area contributed by atoms with Gasteiger partial charge in [-0.25, -0.2) is 9.78 Å². The van der Waals surface area contributed by atoms with Gasteiger partial charge >= 0.3 is 5.97 Å². The highest BCUT2D eigenvalue weighted by Crippen LogP contribution is 2.15. The zero-order chi connectivity index (χ0) is 13.5. The second kappa shape index (κ2) is 6.75. The fraction of sp³-hybridized carbons (Fsp3) is 0.231. The summed E-state index contributed by atoms with van der Waals surface area (Å²) in [6.07, 6.45) is 0. The third-order valence-corrected chi connectivity index (χ3v) is 3.09. The molecule has 0 spiro atoms. The van der Waals surface area contributed by atoms with Crippen molar-refractivity contribution in [2.24, 2.45) is 0 Å². The lowest BCUT2D eigenvalue weighted by Crippen LogP contribution is -2.11. The molecule has 0 fully saturated rings. The van der Waals surface area contributed by atoms with E-state index in [9.17, 15) is 4.79 Å². The van der Waals surface area contributed by atoms with E-state index in [0.29, 0.717) is 24.0 Å².